The standard InChI is InChI=1S/C29H26N2O3S/c1-20-18-31-26-17-24(34-28(31)30-27(20)32)25(35-26)19-33-29(21-11-5-2-6-12-21,22-13-7-3-8-14-22)23-15-9-4-10-16-23/h2-16,18,24-26H,17,19H2,1H3/t24-,25-,26-/m1/s1. The minimum absolute atomic E-state index is 0.0559. The quantitative estimate of drug-likeness (QED) is 0.348. The van der Waals surface area contributed by atoms with Crippen LogP contribution < -0.4 is 10.3 Å². The van der Waals surface area contributed by atoms with Gasteiger partial charge in [0.25, 0.3) is 5.56 Å². The SMILES string of the molecule is Cc1cn2c(nc1=O)O[C@@H]1C[C@H]2S[C@@H]1COC(c1ccccc1)(c1ccccc1)c1ccccc1. The Morgan fingerprint density at radius 3 is 2.03 bits per heavy atom. The zero-order valence-corrected chi connectivity index (χ0v) is 20.2. The predicted octanol–water partition coefficient (Wildman–Crippen LogP) is 5.33. The van der Waals surface area contributed by atoms with Crippen molar-refractivity contribution >= 4 is 11.8 Å². The molecule has 0 spiro atoms. The van der Waals surface area contributed by atoms with Gasteiger partial charge in [-0.3, -0.25) is 9.36 Å². The van der Waals surface area contributed by atoms with E-state index in [2.05, 4.69) is 77.8 Å². The average Bonchev–Trinajstić information content (AvgIpc) is 3.24. The van der Waals surface area contributed by atoms with E-state index in [0.717, 1.165) is 23.1 Å². The average molecular weight is 483 g/mol. The molecule has 5 nitrogen and oxygen atoms in total. The molecule has 2 aliphatic rings. The minimum Gasteiger partial charge on any atom is -0.460 e. The largest absolute Gasteiger partial charge is 0.460 e. The molecule has 2 bridgehead atoms. The van der Waals surface area contributed by atoms with Crippen molar-refractivity contribution in [1.29, 1.82) is 0 Å². The Kier molecular flexibility index (Phi) is 5.71. The summed E-state index contributed by atoms with van der Waals surface area (Å²) in [5.74, 6) is 0. The molecule has 0 amide bonds. The van der Waals surface area contributed by atoms with Crippen LogP contribution in [0.15, 0.2) is 102 Å². The molecule has 3 aromatic carbocycles. The van der Waals surface area contributed by atoms with Crippen molar-refractivity contribution in [2.24, 2.45) is 0 Å². The minimum atomic E-state index is -0.766. The van der Waals surface area contributed by atoms with Crippen LogP contribution in [-0.2, 0) is 10.3 Å². The number of nitrogens with zero attached hydrogens (tertiary/aromatic N) is 2. The van der Waals surface area contributed by atoms with E-state index in [1.807, 2.05) is 40.7 Å². The summed E-state index contributed by atoms with van der Waals surface area (Å²) in [6.07, 6.45) is 2.67. The van der Waals surface area contributed by atoms with Gasteiger partial charge in [0.05, 0.1) is 17.2 Å². The molecule has 1 aromatic heterocycles. The number of aryl methyl sites for hydroxylation is 1. The fourth-order valence-electron chi connectivity index (χ4n) is 5.10. The van der Waals surface area contributed by atoms with Crippen LogP contribution in [-0.4, -0.2) is 27.5 Å². The summed E-state index contributed by atoms with van der Waals surface area (Å²) >= 11 is 1.84. The third kappa shape index (κ3) is 3.87. The van der Waals surface area contributed by atoms with E-state index in [1.165, 1.54) is 0 Å². The van der Waals surface area contributed by atoms with Gasteiger partial charge in [-0.1, -0.05) is 91.0 Å². The van der Waals surface area contributed by atoms with Crippen molar-refractivity contribution in [2.75, 3.05) is 6.61 Å². The van der Waals surface area contributed by atoms with E-state index in [4.69, 9.17) is 9.47 Å². The lowest BCUT2D eigenvalue weighted by molar-refractivity contribution is -0.000926. The lowest BCUT2D eigenvalue weighted by atomic mass is 9.80. The highest BCUT2D eigenvalue weighted by Crippen LogP contribution is 2.49. The van der Waals surface area contributed by atoms with Gasteiger partial charge < -0.3 is 9.47 Å². The van der Waals surface area contributed by atoms with Crippen molar-refractivity contribution in [1.82, 2.24) is 9.55 Å². The Balaban J connectivity index is 1.37. The first-order valence-electron chi connectivity index (χ1n) is 11.9. The summed E-state index contributed by atoms with van der Waals surface area (Å²) < 4.78 is 15.2. The normalized spacial score (nSPS) is 20.8. The van der Waals surface area contributed by atoms with Gasteiger partial charge in [-0.15, -0.1) is 11.8 Å². The predicted molar refractivity (Wildman–Crippen MR) is 138 cm³/mol. The molecule has 0 radical (unpaired) electrons. The molecule has 3 heterocycles. The topological polar surface area (TPSA) is 53.4 Å². The van der Waals surface area contributed by atoms with Gasteiger partial charge in [0.1, 0.15) is 11.7 Å². The van der Waals surface area contributed by atoms with Crippen molar-refractivity contribution < 1.29 is 9.47 Å². The molecule has 35 heavy (non-hydrogen) atoms. The Hall–Kier alpha value is -3.35. The Bertz CT molecular complexity index is 1280. The van der Waals surface area contributed by atoms with Gasteiger partial charge in [-0.2, -0.15) is 4.98 Å². The van der Waals surface area contributed by atoms with Crippen LogP contribution in [0, 0.1) is 6.92 Å². The number of fused-ring (bicyclic) bond motifs is 4. The summed E-state index contributed by atoms with van der Waals surface area (Å²) in [5.41, 5.74) is 2.87. The number of hydrogen-bond donors (Lipinski definition) is 0. The zero-order chi connectivity index (χ0) is 23.8. The maximum absolute atomic E-state index is 12.1. The highest BCUT2D eigenvalue weighted by Gasteiger charge is 2.45. The van der Waals surface area contributed by atoms with Gasteiger partial charge in [-0.05, 0) is 23.6 Å². The second-order valence-electron chi connectivity index (χ2n) is 9.03. The van der Waals surface area contributed by atoms with Gasteiger partial charge >= 0.3 is 6.01 Å². The number of ether oxygens (including phenoxy) is 2. The highest BCUT2D eigenvalue weighted by molar-refractivity contribution is 8.00. The fourth-order valence-corrected chi connectivity index (χ4v) is 6.58. The number of aromatic nitrogens is 2. The molecule has 0 unspecified atom stereocenters. The van der Waals surface area contributed by atoms with E-state index < -0.39 is 5.60 Å². The lowest BCUT2D eigenvalue weighted by Gasteiger charge is -2.37. The van der Waals surface area contributed by atoms with Crippen LogP contribution >= 0.6 is 11.8 Å². The molecule has 0 N–H and O–H groups in total. The molecule has 6 rings (SSSR count). The number of thioether (sulfide) groups is 1. The summed E-state index contributed by atoms with van der Waals surface area (Å²) in [6.45, 7) is 2.28. The summed E-state index contributed by atoms with van der Waals surface area (Å²) in [7, 11) is 0. The monoisotopic (exact) mass is 482 g/mol. The first-order chi connectivity index (χ1) is 17.1. The van der Waals surface area contributed by atoms with Gasteiger partial charge in [0, 0.05) is 18.2 Å². The summed E-state index contributed by atoms with van der Waals surface area (Å²) in [6, 6.07) is 31.6. The van der Waals surface area contributed by atoms with E-state index >= 15 is 0 Å². The van der Waals surface area contributed by atoms with Crippen LogP contribution in [0.2, 0.25) is 0 Å². The molecule has 1 saturated heterocycles. The maximum Gasteiger partial charge on any atom is 0.300 e. The molecule has 2 aliphatic heterocycles. The van der Waals surface area contributed by atoms with E-state index in [9.17, 15) is 4.79 Å². The molecule has 0 saturated carbocycles. The molecular formula is C29H26N2O3S. The zero-order valence-electron chi connectivity index (χ0n) is 19.4. The molecule has 0 aliphatic carbocycles. The van der Waals surface area contributed by atoms with Crippen LogP contribution in [0.4, 0.5) is 0 Å². The highest BCUT2D eigenvalue weighted by atomic mass is 32.2. The van der Waals surface area contributed by atoms with Gasteiger partial charge in [0.15, 0.2) is 0 Å². The van der Waals surface area contributed by atoms with Crippen molar-refractivity contribution in [3.8, 4) is 6.01 Å². The number of hydrogen-bond acceptors (Lipinski definition) is 5. The number of benzene rings is 3. The third-order valence-electron chi connectivity index (χ3n) is 6.84. The molecular weight excluding hydrogens is 456 g/mol. The first-order valence-corrected chi connectivity index (χ1v) is 12.8. The first kappa shape index (κ1) is 22.1. The molecule has 6 heteroatoms. The van der Waals surface area contributed by atoms with Gasteiger partial charge in [-0.25, -0.2) is 0 Å². The Morgan fingerprint density at radius 1 is 0.943 bits per heavy atom. The second kappa shape index (κ2) is 9.02. The van der Waals surface area contributed by atoms with E-state index in [1.54, 1.807) is 6.92 Å². The molecule has 3 atom stereocenters. The van der Waals surface area contributed by atoms with Crippen molar-refractivity contribution in [2.45, 2.75) is 35.7 Å². The van der Waals surface area contributed by atoms with E-state index in [0.29, 0.717) is 18.2 Å². The van der Waals surface area contributed by atoms with Crippen molar-refractivity contribution in [3.05, 3.63) is 130 Å². The molecule has 1 fully saturated rings. The Morgan fingerprint density at radius 2 is 1.49 bits per heavy atom. The molecule has 4 aromatic rings. The summed E-state index contributed by atoms with van der Waals surface area (Å²) in [4.78, 5) is 16.3. The van der Waals surface area contributed by atoms with E-state index in [-0.39, 0.29) is 22.3 Å². The Labute approximate surface area is 208 Å². The van der Waals surface area contributed by atoms with Gasteiger partial charge in [0.2, 0.25) is 0 Å². The fraction of sp³-hybridized carbons (Fsp3) is 0.241. The third-order valence-corrected chi connectivity index (χ3v) is 8.36. The second-order valence-corrected chi connectivity index (χ2v) is 10.5. The lowest BCUT2D eigenvalue weighted by Crippen LogP contribution is -2.38. The smallest absolute Gasteiger partial charge is 0.300 e. The summed E-state index contributed by atoms with van der Waals surface area (Å²) in [5, 5.41) is 0.288. The van der Waals surface area contributed by atoms with Crippen LogP contribution in [0.1, 0.15) is 34.0 Å². The van der Waals surface area contributed by atoms with Crippen LogP contribution in [0.5, 0.6) is 6.01 Å². The number of rotatable bonds is 6. The van der Waals surface area contributed by atoms with Crippen LogP contribution in [0.25, 0.3) is 0 Å². The van der Waals surface area contributed by atoms with Crippen molar-refractivity contribution in [3.63, 3.8) is 0 Å². The van der Waals surface area contributed by atoms with Crippen LogP contribution in [0.3, 0.4) is 0 Å². The molecule has 176 valence electrons. The maximum atomic E-state index is 12.1.